The van der Waals surface area contributed by atoms with Crippen LogP contribution in [0.1, 0.15) is 19.4 Å². The fraction of sp³-hybridized carbons (Fsp3) is 0.278. The van der Waals surface area contributed by atoms with Crippen molar-refractivity contribution >= 4 is 39.1 Å². The molecule has 0 radical (unpaired) electrons. The maximum Gasteiger partial charge on any atom is 0.351 e. The van der Waals surface area contributed by atoms with E-state index in [4.69, 9.17) is 4.74 Å². The molecule has 8 nitrogen and oxygen atoms in total. The molecule has 0 amide bonds. The second-order valence-electron chi connectivity index (χ2n) is 5.61. The first kappa shape index (κ1) is 21.4. The lowest BCUT2D eigenvalue weighted by molar-refractivity contribution is -0.136. The fourth-order valence-corrected chi connectivity index (χ4v) is 4.35. The molecule has 1 N–H and O–H groups in total. The number of nitrogens with zero attached hydrogens (tertiary/aromatic N) is 2. The maximum absolute atomic E-state index is 12.6. The lowest BCUT2D eigenvalue weighted by Gasteiger charge is -2.03. The molecule has 0 bridgehead atoms. The summed E-state index contributed by atoms with van der Waals surface area (Å²) in [5.74, 6) is -0.833. The van der Waals surface area contributed by atoms with Crippen LogP contribution in [0.5, 0.6) is 0 Å². The number of carbonyl (C=O) groups excluding carboxylic acids is 1. The molecule has 1 aromatic carbocycles. The van der Waals surface area contributed by atoms with Crippen molar-refractivity contribution in [2.45, 2.75) is 32.2 Å². The molecule has 2 rings (SSSR count). The molecule has 0 aliphatic heterocycles. The molecule has 0 unspecified atom stereocenters. The van der Waals surface area contributed by atoms with Crippen molar-refractivity contribution in [1.29, 1.82) is 5.26 Å². The molecular formula is C18H19N3O5S2. The Morgan fingerprint density at radius 2 is 1.96 bits per heavy atom. The Balaban J connectivity index is 2.57. The highest BCUT2D eigenvalue weighted by molar-refractivity contribution is 7.89. The van der Waals surface area contributed by atoms with E-state index in [2.05, 4.69) is 4.72 Å². The van der Waals surface area contributed by atoms with Crippen molar-refractivity contribution in [2.24, 2.45) is 0 Å². The van der Waals surface area contributed by atoms with Gasteiger partial charge in [0.25, 0.3) is 15.6 Å². The van der Waals surface area contributed by atoms with Gasteiger partial charge in [-0.15, -0.1) is 11.3 Å². The van der Waals surface area contributed by atoms with Gasteiger partial charge in [0.1, 0.15) is 15.3 Å². The Hall–Kier alpha value is -2.90. The molecule has 10 heteroatoms. The summed E-state index contributed by atoms with van der Waals surface area (Å²) in [5.41, 5.74) is 0.105. The number of esters is 1. The lowest BCUT2D eigenvalue weighted by Crippen LogP contribution is -2.33. The Morgan fingerprint density at radius 1 is 1.32 bits per heavy atom. The van der Waals surface area contributed by atoms with Crippen molar-refractivity contribution in [3.05, 3.63) is 49.4 Å². The average molecular weight is 422 g/mol. The van der Waals surface area contributed by atoms with Crippen LogP contribution < -0.4 is 19.5 Å². The standard InChI is InChI=1S/C18H19N3O5S2/c1-4-21-16(22)15(27-17(21)14(10-19)18(23)26-5-2)11-20-28(24,25)13-8-6-12(3)7-9-13/h6-9,11,20H,4-5H2,1-3H3. The molecule has 0 saturated carbocycles. The number of benzene rings is 1. The van der Waals surface area contributed by atoms with Crippen molar-refractivity contribution < 1.29 is 17.9 Å². The number of aryl methyl sites for hydroxylation is 1. The molecule has 0 fully saturated rings. The average Bonchev–Trinajstić information content (AvgIpc) is 2.97. The SMILES string of the molecule is CCOC(=O)C(C#N)=c1sc(=CNS(=O)(=O)c2ccc(C)cc2)c(=O)n1CC. The molecule has 28 heavy (non-hydrogen) atoms. The van der Waals surface area contributed by atoms with Gasteiger partial charge in [-0.2, -0.15) is 5.26 Å². The van der Waals surface area contributed by atoms with E-state index in [9.17, 15) is 23.3 Å². The number of carbonyl (C=O) groups is 1. The number of hydrogen-bond donors (Lipinski definition) is 1. The van der Waals surface area contributed by atoms with Gasteiger partial charge in [0.2, 0.25) is 0 Å². The van der Waals surface area contributed by atoms with Gasteiger partial charge in [-0.05, 0) is 32.9 Å². The molecule has 0 atom stereocenters. The Bertz CT molecular complexity index is 1200. The number of hydrogen-bond acceptors (Lipinski definition) is 7. The Morgan fingerprint density at radius 3 is 2.50 bits per heavy atom. The van der Waals surface area contributed by atoms with Crippen LogP contribution >= 0.6 is 11.3 Å². The predicted molar refractivity (Wildman–Crippen MR) is 105 cm³/mol. The first-order chi connectivity index (χ1) is 13.2. The van der Waals surface area contributed by atoms with E-state index in [0.717, 1.165) is 23.1 Å². The van der Waals surface area contributed by atoms with Crippen LogP contribution in [-0.2, 0) is 26.1 Å². The normalized spacial score (nSPS) is 13.0. The van der Waals surface area contributed by atoms with Gasteiger partial charge in [-0.25, -0.2) is 13.2 Å². The number of thiazole rings is 1. The minimum atomic E-state index is -3.86. The van der Waals surface area contributed by atoms with Crippen LogP contribution in [-0.4, -0.2) is 25.6 Å². The summed E-state index contributed by atoms with van der Waals surface area (Å²) >= 11 is 0.843. The molecule has 148 valence electrons. The number of ether oxygens (including phenoxy) is 1. The van der Waals surface area contributed by atoms with E-state index in [0.29, 0.717) is 0 Å². The topological polar surface area (TPSA) is 118 Å². The van der Waals surface area contributed by atoms with Gasteiger partial charge < -0.3 is 4.74 Å². The summed E-state index contributed by atoms with van der Waals surface area (Å²) in [6.07, 6.45) is 1.07. The van der Waals surface area contributed by atoms with Gasteiger partial charge in [0.05, 0.1) is 11.5 Å². The summed E-state index contributed by atoms with van der Waals surface area (Å²) < 4.78 is 33.3. The third-order valence-electron chi connectivity index (χ3n) is 3.71. The number of aromatic nitrogens is 1. The summed E-state index contributed by atoms with van der Waals surface area (Å²) in [6, 6.07) is 8.00. The molecule has 0 aliphatic carbocycles. The molecule has 2 aromatic rings. The van der Waals surface area contributed by atoms with Gasteiger partial charge in [0.15, 0.2) is 5.57 Å². The van der Waals surface area contributed by atoms with Crippen LogP contribution in [0, 0.1) is 18.3 Å². The summed E-state index contributed by atoms with van der Waals surface area (Å²) in [6.45, 7) is 5.41. The summed E-state index contributed by atoms with van der Waals surface area (Å²) in [7, 11) is -3.86. The fourth-order valence-electron chi connectivity index (χ4n) is 2.29. The monoisotopic (exact) mass is 421 g/mol. The van der Waals surface area contributed by atoms with Gasteiger partial charge >= 0.3 is 5.97 Å². The van der Waals surface area contributed by atoms with Gasteiger partial charge in [0, 0.05) is 12.7 Å². The zero-order valence-corrected chi connectivity index (χ0v) is 17.2. The van der Waals surface area contributed by atoms with E-state index in [1.165, 1.54) is 16.7 Å². The number of nitriles is 1. The highest BCUT2D eigenvalue weighted by atomic mass is 32.2. The first-order valence-corrected chi connectivity index (χ1v) is 10.7. The van der Waals surface area contributed by atoms with Crippen LogP contribution in [0.2, 0.25) is 0 Å². The molecule has 1 heterocycles. The molecule has 0 saturated heterocycles. The quantitative estimate of drug-likeness (QED) is 0.666. The van der Waals surface area contributed by atoms with E-state index < -0.39 is 21.6 Å². The van der Waals surface area contributed by atoms with E-state index in [1.54, 1.807) is 32.0 Å². The van der Waals surface area contributed by atoms with E-state index >= 15 is 0 Å². The van der Waals surface area contributed by atoms with Crippen molar-refractivity contribution in [1.82, 2.24) is 9.29 Å². The summed E-state index contributed by atoms with van der Waals surface area (Å²) in [5, 5.41) is 9.31. The third-order valence-corrected chi connectivity index (χ3v) is 6.16. The minimum absolute atomic E-state index is 0.0459. The lowest BCUT2D eigenvalue weighted by atomic mass is 10.2. The number of nitrogens with one attached hydrogen (secondary N) is 1. The molecule has 1 aromatic heterocycles. The van der Waals surface area contributed by atoms with Crippen molar-refractivity contribution in [3.8, 4) is 6.07 Å². The predicted octanol–water partition coefficient (Wildman–Crippen LogP) is 0.192. The van der Waals surface area contributed by atoms with Crippen LogP contribution in [0.25, 0.3) is 11.8 Å². The van der Waals surface area contributed by atoms with E-state index in [-0.39, 0.29) is 32.8 Å². The second-order valence-corrected chi connectivity index (χ2v) is 8.35. The van der Waals surface area contributed by atoms with Crippen molar-refractivity contribution in [2.75, 3.05) is 6.61 Å². The summed E-state index contributed by atoms with van der Waals surface area (Å²) in [4.78, 5) is 24.6. The highest BCUT2D eigenvalue weighted by Gasteiger charge is 2.17. The first-order valence-electron chi connectivity index (χ1n) is 8.35. The van der Waals surface area contributed by atoms with Gasteiger partial charge in [-0.1, -0.05) is 17.7 Å². The number of rotatable bonds is 6. The Kier molecular flexibility index (Phi) is 6.77. The highest BCUT2D eigenvalue weighted by Crippen LogP contribution is 2.09. The zero-order chi connectivity index (χ0) is 20.9. The van der Waals surface area contributed by atoms with Crippen molar-refractivity contribution in [3.63, 3.8) is 0 Å². The molecule has 0 spiro atoms. The maximum atomic E-state index is 12.6. The van der Waals surface area contributed by atoms with Crippen LogP contribution in [0.15, 0.2) is 34.0 Å². The second kappa shape index (κ2) is 8.86. The third kappa shape index (κ3) is 4.49. The zero-order valence-electron chi connectivity index (χ0n) is 15.6. The number of sulfonamides is 1. The molecular weight excluding hydrogens is 402 g/mol. The largest absolute Gasteiger partial charge is 0.462 e. The van der Waals surface area contributed by atoms with Gasteiger partial charge in [-0.3, -0.25) is 14.1 Å². The van der Waals surface area contributed by atoms with Crippen LogP contribution in [0.3, 0.4) is 0 Å². The Labute approximate surface area is 166 Å². The smallest absolute Gasteiger partial charge is 0.351 e. The minimum Gasteiger partial charge on any atom is -0.462 e. The van der Waals surface area contributed by atoms with Crippen LogP contribution in [0.4, 0.5) is 0 Å². The molecule has 0 aliphatic rings. The van der Waals surface area contributed by atoms with E-state index in [1.807, 2.05) is 6.92 Å².